The van der Waals surface area contributed by atoms with Crippen molar-refractivity contribution >= 4 is 5.69 Å². The summed E-state index contributed by atoms with van der Waals surface area (Å²) < 4.78 is 0. The zero-order valence-corrected chi connectivity index (χ0v) is 9.39. The van der Waals surface area contributed by atoms with Gasteiger partial charge in [0.15, 0.2) is 0 Å². The van der Waals surface area contributed by atoms with Crippen LogP contribution in [0.25, 0.3) is 0 Å². The molecule has 1 aliphatic rings. The maximum absolute atomic E-state index is 6.08. The number of benzene rings is 1. The van der Waals surface area contributed by atoms with Crippen LogP contribution < -0.4 is 10.6 Å². The van der Waals surface area contributed by atoms with E-state index in [2.05, 4.69) is 36.2 Å². The van der Waals surface area contributed by atoms with Crippen molar-refractivity contribution in [1.82, 2.24) is 0 Å². The molecule has 1 atom stereocenters. The van der Waals surface area contributed by atoms with Crippen molar-refractivity contribution < 1.29 is 0 Å². The highest BCUT2D eigenvalue weighted by molar-refractivity contribution is 5.44. The monoisotopic (exact) mass is 204 g/mol. The fraction of sp³-hybridized carbons (Fsp3) is 0.538. The van der Waals surface area contributed by atoms with E-state index in [1.165, 1.54) is 18.5 Å². The zero-order chi connectivity index (χ0) is 10.7. The van der Waals surface area contributed by atoms with E-state index in [1.807, 2.05) is 6.07 Å². The molecule has 82 valence electrons. The van der Waals surface area contributed by atoms with Crippen molar-refractivity contribution in [1.29, 1.82) is 0 Å². The van der Waals surface area contributed by atoms with Crippen LogP contribution in [0.5, 0.6) is 0 Å². The van der Waals surface area contributed by atoms with Gasteiger partial charge in [-0.25, -0.2) is 0 Å². The molecule has 2 rings (SSSR count). The highest BCUT2D eigenvalue weighted by Gasteiger charge is 2.28. The maximum Gasteiger partial charge on any atom is 0.0363 e. The van der Waals surface area contributed by atoms with Crippen LogP contribution >= 0.6 is 0 Å². The first-order valence-corrected chi connectivity index (χ1v) is 5.79. The Morgan fingerprint density at radius 2 is 2.00 bits per heavy atom. The van der Waals surface area contributed by atoms with E-state index in [0.717, 1.165) is 18.9 Å². The minimum absolute atomic E-state index is 0.413. The first-order valence-electron chi connectivity index (χ1n) is 5.79. The van der Waals surface area contributed by atoms with Gasteiger partial charge in [0, 0.05) is 25.3 Å². The van der Waals surface area contributed by atoms with E-state index in [9.17, 15) is 0 Å². The van der Waals surface area contributed by atoms with E-state index in [4.69, 9.17) is 5.73 Å². The van der Waals surface area contributed by atoms with Gasteiger partial charge in [0.2, 0.25) is 0 Å². The average molecular weight is 204 g/mol. The second-order valence-electron chi connectivity index (χ2n) is 4.55. The smallest absolute Gasteiger partial charge is 0.0363 e. The van der Waals surface area contributed by atoms with E-state index in [-0.39, 0.29) is 0 Å². The van der Waals surface area contributed by atoms with E-state index in [1.54, 1.807) is 0 Å². The molecule has 0 radical (unpaired) electrons. The van der Waals surface area contributed by atoms with Crippen LogP contribution in [-0.4, -0.2) is 19.6 Å². The quantitative estimate of drug-likeness (QED) is 0.797. The molecule has 1 aliphatic carbocycles. The summed E-state index contributed by atoms with van der Waals surface area (Å²) in [6, 6.07) is 10.9. The lowest BCUT2D eigenvalue weighted by Crippen LogP contribution is -2.29. The Bertz CT molecular complexity index is 293. The van der Waals surface area contributed by atoms with Crippen LogP contribution in [0.4, 0.5) is 5.69 Å². The van der Waals surface area contributed by atoms with Gasteiger partial charge in [-0.3, -0.25) is 0 Å². The number of hydrogen-bond acceptors (Lipinski definition) is 2. The number of anilines is 1. The lowest BCUT2D eigenvalue weighted by atomic mass is 10.1. The summed E-state index contributed by atoms with van der Waals surface area (Å²) in [6.07, 6.45) is 3.79. The standard InChI is InChI=1S/C13H20N2/c1-15(12-5-3-2-4-6-12)10-9-13(14)11-7-8-11/h2-6,11,13H,7-10,14H2,1H3. The Kier molecular flexibility index (Phi) is 3.27. The third kappa shape index (κ3) is 2.96. The van der Waals surface area contributed by atoms with Crippen LogP contribution in [0.3, 0.4) is 0 Å². The topological polar surface area (TPSA) is 29.3 Å². The summed E-state index contributed by atoms with van der Waals surface area (Å²) >= 11 is 0. The molecule has 15 heavy (non-hydrogen) atoms. The van der Waals surface area contributed by atoms with E-state index >= 15 is 0 Å². The molecule has 2 heteroatoms. The zero-order valence-electron chi connectivity index (χ0n) is 9.39. The maximum atomic E-state index is 6.08. The first-order chi connectivity index (χ1) is 7.27. The van der Waals surface area contributed by atoms with Crippen molar-refractivity contribution in [3.63, 3.8) is 0 Å². The van der Waals surface area contributed by atoms with Crippen LogP contribution in [-0.2, 0) is 0 Å². The van der Waals surface area contributed by atoms with Crippen molar-refractivity contribution in [2.75, 3.05) is 18.5 Å². The molecule has 2 N–H and O–H groups in total. The molecule has 0 amide bonds. The number of hydrogen-bond donors (Lipinski definition) is 1. The average Bonchev–Trinajstić information content (AvgIpc) is 3.10. The Morgan fingerprint density at radius 1 is 1.33 bits per heavy atom. The van der Waals surface area contributed by atoms with Crippen molar-refractivity contribution in [3.8, 4) is 0 Å². The Balaban J connectivity index is 1.79. The highest BCUT2D eigenvalue weighted by atomic mass is 15.1. The molecule has 1 unspecified atom stereocenters. The van der Waals surface area contributed by atoms with Crippen molar-refractivity contribution in [3.05, 3.63) is 30.3 Å². The van der Waals surface area contributed by atoms with Gasteiger partial charge in [0.05, 0.1) is 0 Å². The summed E-state index contributed by atoms with van der Waals surface area (Å²) in [4.78, 5) is 2.28. The molecule has 1 aromatic rings. The van der Waals surface area contributed by atoms with Crippen molar-refractivity contribution in [2.24, 2.45) is 11.7 Å². The summed E-state index contributed by atoms with van der Waals surface area (Å²) in [5.74, 6) is 0.814. The van der Waals surface area contributed by atoms with Gasteiger partial charge < -0.3 is 10.6 Å². The molecule has 0 spiro atoms. The molecule has 1 saturated carbocycles. The third-order valence-electron chi connectivity index (χ3n) is 3.22. The lowest BCUT2D eigenvalue weighted by Gasteiger charge is -2.21. The normalized spacial score (nSPS) is 17.5. The minimum atomic E-state index is 0.413. The fourth-order valence-electron chi connectivity index (χ4n) is 1.91. The van der Waals surface area contributed by atoms with Gasteiger partial charge >= 0.3 is 0 Å². The molecular formula is C13H20N2. The van der Waals surface area contributed by atoms with Crippen LogP contribution in [0.1, 0.15) is 19.3 Å². The molecule has 1 aromatic carbocycles. The molecule has 0 aromatic heterocycles. The van der Waals surface area contributed by atoms with Crippen LogP contribution in [0, 0.1) is 5.92 Å². The molecular weight excluding hydrogens is 184 g/mol. The predicted molar refractivity (Wildman–Crippen MR) is 65.0 cm³/mol. The number of para-hydroxylation sites is 1. The summed E-state index contributed by atoms with van der Waals surface area (Å²) in [5, 5.41) is 0. The lowest BCUT2D eigenvalue weighted by molar-refractivity contribution is 0.550. The van der Waals surface area contributed by atoms with Crippen LogP contribution in [0.2, 0.25) is 0 Å². The van der Waals surface area contributed by atoms with Crippen molar-refractivity contribution in [2.45, 2.75) is 25.3 Å². The van der Waals surface area contributed by atoms with Crippen LogP contribution in [0.15, 0.2) is 30.3 Å². The third-order valence-corrected chi connectivity index (χ3v) is 3.22. The van der Waals surface area contributed by atoms with Gasteiger partial charge in [0.25, 0.3) is 0 Å². The minimum Gasteiger partial charge on any atom is -0.375 e. The Hall–Kier alpha value is -1.02. The summed E-state index contributed by atoms with van der Waals surface area (Å²) in [7, 11) is 2.13. The van der Waals surface area contributed by atoms with Gasteiger partial charge in [-0.1, -0.05) is 18.2 Å². The first kappa shape index (κ1) is 10.5. The van der Waals surface area contributed by atoms with Gasteiger partial charge in [-0.05, 0) is 37.3 Å². The Morgan fingerprint density at radius 3 is 2.60 bits per heavy atom. The second-order valence-corrected chi connectivity index (χ2v) is 4.55. The Labute approximate surface area is 92.1 Å². The fourth-order valence-corrected chi connectivity index (χ4v) is 1.91. The molecule has 2 nitrogen and oxygen atoms in total. The molecule has 0 aliphatic heterocycles. The second kappa shape index (κ2) is 4.67. The van der Waals surface area contributed by atoms with Gasteiger partial charge in [-0.15, -0.1) is 0 Å². The van der Waals surface area contributed by atoms with Gasteiger partial charge in [0.1, 0.15) is 0 Å². The number of nitrogens with two attached hydrogens (primary N) is 1. The summed E-state index contributed by atoms with van der Waals surface area (Å²) in [5.41, 5.74) is 7.36. The number of nitrogens with zero attached hydrogens (tertiary/aromatic N) is 1. The molecule has 0 saturated heterocycles. The van der Waals surface area contributed by atoms with E-state index < -0.39 is 0 Å². The summed E-state index contributed by atoms with van der Waals surface area (Å²) in [6.45, 7) is 1.06. The molecule has 0 bridgehead atoms. The predicted octanol–water partition coefficient (Wildman–Crippen LogP) is 2.25. The van der Waals surface area contributed by atoms with Gasteiger partial charge in [-0.2, -0.15) is 0 Å². The molecule has 0 heterocycles. The largest absolute Gasteiger partial charge is 0.375 e. The molecule has 1 fully saturated rings. The SMILES string of the molecule is CN(CCC(N)C1CC1)c1ccccc1. The number of rotatable bonds is 5. The van der Waals surface area contributed by atoms with E-state index in [0.29, 0.717) is 6.04 Å². The highest BCUT2D eigenvalue weighted by Crippen LogP contribution is 2.32.